The van der Waals surface area contributed by atoms with E-state index in [1.165, 1.54) is 21.3 Å². The molecule has 4 rings (SSSR count). The number of nitrogens with two attached hydrogens (primary N) is 1. The molecule has 8 heteroatoms. The smallest absolute Gasteiger partial charge is 0.203 e. The first kappa shape index (κ1) is 23.1. The molecule has 0 amide bonds. The zero-order valence-corrected chi connectivity index (χ0v) is 19.7. The number of rotatable bonds is 6. The lowest BCUT2D eigenvalue weighted by Crippen LogP contribution is -2.38. The van der Waals surface area contributed by atoms with Gasteiger partial charge < -0.3 is 24.7 Å². The van der Waals surface area contributed by atoms with Crippen LogP contribution in [-0.4, -0.2) is 34.2 Å². The molecule has 34 heavy (non-hydrogen) atoms. The maximum atomic E-state index is 13.3. The summed E-state index contributed by atoms with van der Waals surface area (Å²) in [6.07, 6.45) is 1.76. The maximum absolute atomic E-state index is 13.3. The Hall–Kier alpha value is -4.12. The average Bonchev–Trinajstić information content (AvgIpc) is 2.87. The molecule has 1 heterocycles. The summed E-state index contributed by atoms with van der Waals surface area (Å²) in [5.74, 6) is 1.77. The summed E-state index contributed by atoms with van der Waals surface area (Å²) in [5.41, 5.74) is 9.78. The standard InChI is InChI=1S/C26H27N3O5/c1-31-17-10-8-15(9-11-17)23-18(14-27)26(28)29(19-6-5-7-20(30)24(19)23)16-12-21(32-2)25(34-4)22(13-16)33-3/h8-13,23H,5-7,28H2,1-4H3. The van der Waals surface area contributed by atoms with Gasteiger partial charge in [-0.25, -0.2) is 0 Å². The second kappa shape index (κ2) is 9.40. The fourth-order valence-corrected chi connectivity index (χ4v) is 4.71. The lowest BCUT2D eigenvalue weighted by Gasteiger charge is -2.39. The van der Waals surface area contributed by atoms with E-state index in [0.717, 1.165) is 11.3 Å². The van der Waals surface area contributed by atoms with Crippen LogP contribution in [0.5, 0.6) is 23.0 Å². The largest absolute Gasteiger partial charge is 0.497 e. The number of Topliss-reactive ketones (excluding diaryl/α,β-unsaturated/α-hetero) is 1. The number of carbonyl (C=O) groups excluding carboxylic acids is 1. The summed E-state index contributed by atoms with van der Waals surface area (Å²) >= 11 is 0. The van der Waals surface area contributed by atoms with Crippen molar-refractivity contribution in [2.75, 3.05) is 33.3 Å². The Morgan fingerprint density at radius 1 is 0.971 bits per heavy atom. The lowest BCUT2D eigenvalue weighted by molar-refractivity contribution is -0.116. The van der Waals surface area contributed by atoms with E-state index < -0.39 is 5.92 Å². The molecule has 2 aliphatic rings. The molecule has 0 fully saturated rings. The Balaban J connectivity index is 1.96. The molecule has 0 aromatic heterocycles. The monoisotopic (exact) mass is 461 g/mol. The predicted molar refractivity (Wildman–Crippen MR) is 127 cm³/mol. The van der Waals surface area contributed by atoms with Gasteiger partial charge in [-0.3, -0.25) is 9.69 Å². The highest BCUT2D eigenvalue weighted by Gasteiger charge is 2.40. The quantitative estimate of drug-likeness (QED) is 0.687. The third kappa shape index (κ3) is 3.69. The number of nitriles is 1. The van der Waals surface area contributed by atoms with Gasteiger partial charge in [0.25, 0.3) is 0 Å². The molecule has 0 spiro atoms. The van der Waals surface area contributed by atoms with Crippen molar-refractivity contribution in [1.82, 2.24) is 0 Å². The van der Waals surface area contributed by atoms with Crippen LogP contribution in [0, 0.1) is 11.3 Å². The Bertz CT molecular complexity index is 1200. The highest BCUT2D eigenvalue weighted by atomic mass is 16.5. The van der Waals surface area contributed by atoms with E-state index >= 15 is 0 Å². The summed E-state index contributed by atoms with van der Waals surface area (Å²) in [6.45, 7) is 0. The molecule has 0 saturated carbocycles. The third-order valence-electron chi connectivity index (χ3n) is 6.27. The number of anilines is 1. The van der Waals surface area contributed by atoms with Crippen molar-refractivity contribution >= 4 is 11.5 Å². The van der Waals surface area contributed by atoms with Crippen molar-refractivity contribution in [2.24, 2.45) is 5.73 Å². The van der Waals surface area contributed by atoms with Crippen molar-refractivity contribution in [2.45, 2.75) is 25.2 Å². The van der Waals surface area contributed by atoms with E-state index in [2.05, 4.69) is 6.07 Å². The highest BCUT2D eigenvalue weighted by Crippen LogP contribution is 2.49. The second-order valence-corrected chi connectivity index (χ2v) is 7.97. The van der Waals surface area contributed by atoms with Gasteiger partial charge in [-0.1, -0.05) is 12.1 Å². The number of ether oxygens (including phenoxy) is 4. The number of methoxy groups -OCH3 is 4. The predicted octanol–water partition coefficient (Wildman–Crippen LogP) is 4.03. The van der Waals surface area contributed by atoms with Crippen molar-refractivity contribution in [3.8, 4) is 29.1 Å². The molecule has 1 aliphatic carbocycles. The van der Waals surface area contributed by atoms with Crippen LogP contribution in [-0.2, 0) is 4.79 Å². The SMILES string of the molecule is COc1ccc(C2C(C#N)=C(N)N(c3cc(OC)c(OC)c(OC)c3)C3=C2C(=O)CCC3)cc1. The van der Waals surface area contributed by atoms with Gasteiger partial charge in [0.05, 0.1) is 51.7 Å². The summed E-state index contributed by atoms with van der Waals surface area (Å²) in [7, 11) is 6.19. The fourth-order valence-electron chi connectivity index (χ4n) is 4.71. The van der Waals surface area contributed by atoms with Gasteiger partial charge in [-0.15, -0.1) is 0 Å². The zero-order valence-electron chi connectivity index (χ0n) is 19.7. The minimum atomic E-state index is -0.544. The minimum absolute atomic E-state index is 0.0137. The Labute approximate surface area is 198 Å². The average molecular weight is 462 g/mol. The van der Waals surface area contributed by atoms with Gasteiger partial charge >= 0.3 is 0 Å². The summed E-state index contributed by atoms with van der Waals surface area (Å²) in [6, 6.07) is 13.2. The maximum Gasteiger partial charge on any atom is 0.203 e. The minimum Gasteiger partial charge on any atom is -0.497 e. The van der Waals surface area contributed by atoms with Crippen LogP contribution in [0.1, 0.15) is 30.7 Å². The Morgan fingerprint density at radius 3 is 2.15 bits per heavy atom. The molecule has 0 saturated heterocycles. The number of nitrogens with zero attached hydrogens (tertiary/aromatic N) is 2. The molecule has 2 aromatic rings. The van der Waals surface area contributed by atoms with Crippen LogP contribution in [0.15, 0.2) is 59.1 Å². The number of carbonyl (C=O) groups is 1. The molecule has 0 bridgehead atoms. The van der Waals surface area contributed by atoms with Crippen molar-refractivity contribution in [3.63, 3.8) is 0 Å². The summed E-state index contributed by atoms with van der Waals surface area (Å²) in [4.78, 5) is 15.0. The number of hydrogen-bond donors (Lipinski definition) is 1. The number of benzene rings is 2. The van der Waals surface area contributed by atoms with Gasteiger partial charge in [-0.2, -0.15) is 5.26 Å². The molecule has 2 N–H and O–H groups in total. The van der Waals surface area contributed by atoms with E-state index in [9.17, 15) is 10.1 Å². The van der Waals surface area contributed by atoms with Crippen LogP contribution < -0.4 is 29.6 Å². The Morgan fingerprint density at radius 2 is 1.62 bits per heavy atom. The van der Waals surface area contributed by atoms with Crippen LogP contribution >= 0.6 is 0 Å². The van der Waals surface area contributed by atoms with E-state index in [0.29, 0.717) is 59.1 Å². The van der Waals surface area contributed by atoms with Crippen LogP contribution in [0.4, 0.5) is 5.69 Å². The molecule has 8 nitrogen and oxygen atoms in total. The van der Waals surface area contributed by atoms with Gasteiger partial charge in [-0.05, 0) is 30.5 Å². The van der Waals surface area contributed by atoms with Crippen molar-refractivity contribution in [3.05, 3.63) is 64.6 Å². The molecule has 176 valence electrons. The molecule has 0 radical (unpaired) electrons. The van der Waals surface area contributed by atoms with Crippen LogP contribution in [0.2, 0.25) is 0 Å². The van der Waals surface area contributed by atoms with Gasteiger partial charge in [0.15, 0.2) is 17.3 Å². The van der Waals surface area contributed by atoms with Gasteiger partial charge in [0.1, 0.15) is 11.6 Å². The molecule has 1 atom stereocenters. The molecule has 2 aromatic carbocycles. The highest BCUT2D eigenvalue weighted by molar-refractivity contribution is 6.01. The Kier molecular flexibility index (Phi) is 6.37. The molecule has 1 aliphatic heterocycles. The zero-order chi connectivity index (χ0) is 24.4. The van der Waals surface area contributed by atoms with Gasteiger partial charge in [0.2, 0.25) is 5.75 Å². The lowest BCUT2D eigenvalue weighted by atomic mass is 9.75. The summed E-state index contributed by atoms with van der Waals surface area (Å²) < 4.78 is 21.8. The first-order valence-electron chi connectivity index (χ1n) is 10.9. The van der Waals surface area contributed by atoms with E-state index in [-0.39, 0.29) is 11.6 Å². The van der Waals surface area contributed by atoms with Crippen LogP contribution in [0.25, 0.3) is 0 Å². The van der Waals surface area contributed by atoms with Crippen molar-refractivity contribution in [1.29, 1.82) is 5.26 Å². The van der Waals surface area contributed by atoms with E-state index in [1.807, 2.05) is 24.3 Å². The van der Waals surface area contributed by atoms with Crippen molar-refractivity contribution < 1.29 is 23.7 Å². The molecule has 1 unspecified atom stereocenters. The van der Waals surface area contributed by atoms with E-state index in [1.54, 1.807) is 24.1 Å². The first-order valence-corrected chi connectivity index (χ1v) is 10.9. The number of allylic oxidation sites excluding steroid dienone is 3. The number of ketones is 1. The number of hydrogen-bond acceptors (Lipinski definition) is 8. The van der Waals surface area contributed by atoms with E-state index in [4.69, 9.17) is 24.7 Å². The molecular formula is C26H27N3O5. The second-order valence-electron chi connectivity index (χ2n) is 7.97. The fraction of sp³-hybridized carbons (Fsp3) is 0.308. The van der Waals surface area contributed by atoms with Crippen LogP contribution in [0.3, 0.4) is 0 Å². The summed E-state index contributed by atoms with van der Waals surface area (Å²) in [5, 5.41) is 10.2. The molecular weight excluding hydrogens is 434 g/mol. The first-order chi connectivity index (χ1) is 16.5. The normalized spacial score (nSPS) is 17.8. The van der Waals surface area contributed by atoms with Gasteiger partial charge in [0, 0.05) is 29.8 Å². The third-order valence-corrected chi connectivity index (χ3v) is 6.27. The topological polar surface area (TPSA) is 107 Å².